The molecule has 0 aliphatic heterocycles. The Kier molecular flexibility index (Phi) is 6.26. The first-order valence-electron chi connectivity index (χ1n) is 9.18. The van der Waals surface area contributed by atoms with Crippen molar-refractivity contribution in [1.82, 2.24) is 19.5 Å². The number of nitrogens with one attached hydrogen (secondary N) is 1. The highest BCUT2D eigenvalue weighted by molar-refractivity contribution is 7.89. The summed E-state index contributed by atoms with van der Waals surface area (Å²) in [5.74, 6) is 0.697. The Labute approximate surface area is 154 Å². The number of hydrogen-bond acceptors (Lipinski definition) is 5. The molecule has 1 aromatic heterocycles. The highest BCUT2D eigenvalue weighted by Gasteiger charge is 2.27. The molecular formula is C18H26N4O3S. The minimum absolute atomic E-state index is 0.0818. The summed E-state index contributed by atoms with van der Waals surface area (Å²) in [4.78, 5) is 0.270. The standard InChI is InChI=1S/C18H26N4O3S/c1-2-3-11-25-17-7-9-18(10-8-17)26(23,24)21-15-5-4-6-16(12-15)22-13-19-20-14-22/h7-10,13-16,21H,2-6,11-12H2,1H3/t15-,16+/m0/s1. The number of nitrogens with zero attached hydrogens (tertiary/aromatic N) is 3. The minimum atomic E-state index is -3.54. The monoisotopic (exact) mass is 378 g/mol. The fourth-order valence-corrected chi connectivity index (χ4v) is 4.56. The molecule has 1 fully saturated rings. The van der Waals surface area contributed by atoms with Crippen molar-refractivity contribution in [1.29, 1.82) is 0 Å². The van der Waals surface area contributed by atoms with Crippen LogP contribution in [0.2, 0.25) is 0 Å². The van der Waals surface area contributed by atoms with E-state index in [1.807, 2.05) is 4.57 Å². The van der Waals surface area contributed by atoms with E-state index < -0.39 is 10.0 Å². The van der Waals surface area contributed by atoms with Crippen molar-refractivity contribution in [2.24, 2.45) is 0 Å². The summed E-state index contributed by atoms with van der Waals surface area (Å²) in [6.07, 6.45) is 9.01. The number of hydrogen-bond donors (Lipinski definition) is 1. The van der Waals surface area contributed by atoms with Crippen molar-refractivity contribution in [3.05, 3.63) is 36.9 Å². The number of sulfonamides is 1. The summed E-state index contributed by atoms with van der Waals surface area (Å²) >= 11 is 0. The lowest BCUT2D eigenvalue weighted by Gasteiger charge is -2.30. The molecule has 2 atom stereocenters. The molecule has 7 nitrogen and oxygen atoms in total. The van der Waals surface area contributed by atoms with E-state index in [0.29, 0.717) is 12.4 Å². The van der Waals surface area contributed by atoms with Crippen molar-refractivity contribution in [2.45, 2.75) is 62.4 Å². The van der Waals surface area contributed by atoms with Gasteiger partial charge in [0.2, 0.25) is 10.0 Å². The van der Waals surface area contributed by atoms with Crippen LogP contribution in [-0.2, 0) is 10.0 Å². The van der Waals surface area contributed by atoms with Gasteiger partial charge in [-0.05, 0) is 56.4 Å². The van der Waals surface area contributed by atoms with Crippen LogP contribution in [0.1, 0.15) is 51.5 Å². The average molecular weight is 378 g/mol. The first-order chi connectivity index (χ1) is 12.6. The molecule has 1 aliphatic rings. The van der Waals surface area contributed by atoms with Gasteiger partial charge in [0.05, 0.1) is 11.5 Å². The van der Waals surface area contributed by atoms with Gasteiger partial charge in [-0.2, -0.15) is 0 Å². The van der Waals surface area contributed by atoms with Crippen LogP contribution in [0.3, 0.4) is 0 Å². The lowest BCUT2D eigenvalue weighted by Crippen LogP contribution is -2.38. The van der Waals surface area contributed by atoms with E-state index in [9.17, 15) is 8.42 Å². The molecule has 1 N–H and O–H groups in total. The lowest BCUT2D eigenvalue weighted by atomic mass is 9.91. The molecule has 2 aromatic rings. The highest BCUT2D eigenvalue weighted by atomic mass is 32.2. The highest BCUT2D eigenvalue weighted by Crippen LogP contribution is 2.29. The predicted octanol–water partition coefficient (Wildman–Crippen LogP) is 2.92. The summed E-state index contributed by atoms with van der Waals surface area (Å²) in [5, 5.41) is 7.68. The zero-order valence-electron chi connectivity index (χ0n) is 15.0. The van der Waals surface area contributed by atoms with Crippen LogP contribution < -0.4 is 9.46 Å². The third-order valence-electron chi connectivity index (χ3n) is 4.73. The van der Waals surface area contributed by atoms with Crippen LogP contribution in [0.25, 0.3) is 0 Å². The van der Waals surface area contributed by atoms with Crippen molar-refractivity contribution in [2.75, 3.05) is 6.61 Å². The van der Waals surface area contributed by atoms with Gasteiger partial charge in [0.1, 0.15) is 18.4 Å². The van der Waals surface area contributed by atoms with Gasteiger partial charge in [0.25, 0.3) is 0 Å². The van der Waals surface area contributed by atoms with Gasteiger partial charge in [-0.25, -0.2) is 13.1 Å². The van der Waals surface area contributed by atoms with E-state index in [-0.39, 0.29) is 17.0 Å². The van der Waals surface area contributed by atoms with Crippen molar-refractivity contribution >= 4 is 10.0 Å². The fraction of sp³-hybridized carbons (Fsp3) is 0.556. The van der Waals surface area contributed by atoms with Crippen molar-refractivity contribution in [3.8, 4) is 5.75 Å². The number of benzene rings is 1. The van der Waals surface area contributed by atoms with Gasteiger partial charge < -0.3 is 9.30 Å². The summed E-state index contributed by atoms with van der Waals surface area (Å²) < 4.78 is 35.8. The molecular weight excluding hydrogens is 352 g/mol. The first kappa shape index (κ1) is 18.8. The van der Waals surface area contributed by atoms with Crippen molar-refractivity contribution < 1.29 is 13.2 Å². The maximum Gasteiger partial charge on any atom is 0.240 e. The Morgan fingerprint density at radius 1 is 1.19 bits per heavy atom. The summed E-state index contributed by atoms with van der Waals surface area (Å²) in [6, 6.07) is 6.78. The molecule has 0 saturated heterocycles. The number of unbranched alkanes of at least 4 members (excludes halogenated alkanes) is 1. The van der Waals surface area contributed by atoms with Gasteiger partial charge in [-0.15, -0.1) is 10.2 Å². The molecule has 0 unspecified atom stereocenters. The quantitative estimate of drug-likeness (QED) is 0.714. The van der Waals surface area contributed by atoms with E-state index in [1.165, 1.54) is 0 Å². The predicted molar refractivity (Wildman–Crippen MR) is 98.5 cm³/mol. The molecule has 0 radical (unpaired) electrons. The number of ether oxygens (including phenoxy) is 1. The van der Waals surface area contributed by atoms with Gasteiger partial charge in [-0.1, -0.05) is 13.3 Å². The third kappa shape index (κ3) is 4.82. The zero-order chi connectivity index (χ0) is 18.4. The molecule has 1 aromatic carbocycles. The van der Waals surface area contributed by atoms with Gasteiger partial charge in [0.15, 0.2) is 0 Å². The molecule has 1 aliphatic carbocycles. The first-order valence-corrected chi connectivity index (χ1v) is 10.7. The largest absolute Gasteiger partial charge is 0.494 e. The molecule has 0 amide bonds. The minimum Gasteiger partial charge on any atom is -0.494 e. The van der Waals surface area contributed by atoms with E-state index in [1.54, 1.807) is 36.9 Å². The van der Waals surface area contributed by atoms with E-state index in [4.69, 9.17) is 4.74 Å². The zero-order valence-corrected chi connectivity index (χ0v) is 15.9. The molecule has 26 heavy (non-hydrogen) atoms. The third-order valence-corrected chi connectivity index (χ3v) is 6.26. The second-order valence-corrected chi connectivity index (χ2v) is 8.44. The molecule has 0 spiro atoms. The van der Waals surface area contributed by atoms with Crippen LogP contribution in [-0.4, -0.2) is 35.8 Å². The summed E-state index contributed by atoms with van der Waals surface area (Å²) in [6.45, 7) is 2.75. The van der Waals surface area contributed by atoms with Crippen LogP contribution >= 0.6 is 0 Å². The number of aromatic nitrogens is 3. The molecule has 0 bridgehead atoms. The molecule has 1 heterocycles. The Morgan fingerprint density at radius 3 is 2.62 bits per heavy atom. The number of rotatable bonds is 8. The Balaban J connectivity index is 1.61. The molecule has 3 rings (SSSR count). The van der Waals surface area contributed by atoms with E-state index in [0.717, 1.165) is 38.5 Å². The second kappa shape index (κ2) is 8.64. The van der Waals surface area contributed by atoms with Crippen LogP contribution in [0, 0.1) is 0 Å². The normalized spacial score (nSPS) is 20.8. The van der Waals surface area contributed by atoms with Gasteiger partial charge in [-0.3, -0.25) is 0 Å². The van der Waals surface area contributed by atoms with Crippen molar-refractivity contribution in [3.63, 3.8) is 0 Å². The molecule has 8 heteroatoms. The van der Waals surface area contributed by atoms with E-state index in [2.05, 4.69) is 21.8 Å². The topological polar surface area (TPSA) is 86.1 Å². The average Bonchev–Trinajstić information content (AvgIpc) is 3.17. The SMILES string of the molecule is CCCCOc1ccc(S(=O)(=O)N[C@H]2CCC[C@@H](n3cnnc3)C2)cc1. The van der Waals surface area contributed by atoms with Gasteiger partial charge in [0, 0.05) is 12.1 Å². The maximum absolute atomic E-state index is 12.7. The molecule has 142 valence electrons. The Morgan fingerprint density at radius 2 is 1.92 bits per heavy atom. The van der Waals surface area contributed by atoms with Crippen LogP contribution in [0.15, 0.2) is 41.8 Å². The van der Waals surface area contributed by atoms with E-state index >= 15 is 0 Å². The Hall–Kier alpha value is -1.93. The summed E-state index contributed by atoms with van der Waals surface area (Å²) in [5.41, 5.74) is 0. The fourth-order valence-electron chi connectivity index (χ4n) is 3.28. The lowest BCUT2D eigenvalue weighted by molar-refractivity contribution is 0.305. The van der Waals surface area contributed by atoms with Crippen LogP contribution in [0.4, 0.5) is 0 Å². The van der Waals surface area contributed by atoms with Gasteiger partial charge >= 0.3 is 0 Å². The smallest absolute Gasteiger partial charge is 0.240 e. The summed E-state index contributed by atoms with van der Waals surface area (Å²) in [7, 11) is -3.54. The maximum atomic E-state index is 12.7. The second-order valence-electron chi connectivity index (χ2n) is 6.72. The Bertz CT molecular complexity index is 775. The van der Waals surface area contributed by atoms with Crippen LogP contribution in [0.5, 0.6) is 5.75 Å². The molecule has 1 saturated carbocycles.